The van der Waals surface area contributed by atoms with Gasteiger partial charge in [-0.25, -0.2) is 0 Å². The summed E-state index contributed by atoms with van der Waals surface area (Å²) in [4.78, 5) is 23.5. The van der Waals surface area contributed by atoms with Gasteiger partial charge in [-0.2, -0.15) is 0 Å². The van der Waals surface area contributed by atoms with E-state index in [1.807, 2.05) is 0 Å². The first kappa shape index (κ1) is 18.8. The minimum absolute atomic E-state index is 0.117. The average molecular weight is 362 g/mol. The van der Waals surface area contributed by atoms with Gasteiger partial charge < -0.3 is 15.2 Å². The lowest BCUT2D eigenvalue weighted by Crippen LogP contribution is -2.28. The van der Waals surface area contributed by atoms with Gasteiger partial charge in [0, 0.05) is 16.3 Å². The number of amides is 1. The molecule has 0 fully saturated rings. The largest absolute Gasteiger partial charge is 0.496 e. The summed E-state index contributed by atoms with van der Waals surface area (Å²) < 4.78 is 5.23. The number of ether oxygens (including phenoxy) is 1. The highest BCUT2D eigenvalue weighted by Crippen LogP contribution is 2.26. The lowest BCUT2D eigenvalue weighted by Gasteiger charge is -2.20. The van der Waals surface area contributed by atoms with Gasteiger partial charge in [0.25, 0.3) is 0 Å². The van der Waals surface area contributed by atoms with Crippen LogP contribution >= 0.6 is 11.6 Å². The molecule has 25 heavy (non-hydrogen) atoms. The van der Waals surface area contributed by atoms with Gasteiger partial charge in [-0.3, -0.25) is 9.59 Å². The van der Waals surface area contributed by atoms with Gasteiger partial charge in [-0.15, -0.1) is 0 Å². The molecular weight excluding hydrogens is 342 g/mol. The molecule has 0 aliphatic heterocycles. The minimum Gasteiger partial charge on any atom is -0.496 e. The van der Waals surface area contributed by atoms with Crippen LogP contribution in [0.2, 0.25) is 5.02 Å². The van der Waals surface area contributed by atoms with E-state index in [2.05, 4.69) is 5.32 Å². The molecule has 0 radical (unpaired) electrons. The third kappa shape index (κ3) is 4.51. The molecule has 5 nitrogen and oxygen atoms in total. The van der Waals surface area contributed by atoms with Gasteiger partial charge in [0.1, 0.15) is 5.75 Å². The first-order valence-electron chi connectivity index (χ1n) is 7.70. The summed E-state index contributed by atoms with van der Waals surface area (Å²) in [6.45, 7) is 3.27. The number of carbonyl (C=O) groups is 2. The summed E-state index contributed by atoms with van der Waals surface area (Å²) in [7, 11) is 1.54. The van der Waals surface area contributed by atoms with Gasteiger partial charge >= 0.3 is 5.97 Å². The van der Waals surface area contributed by atoms with Crippen molar-refractivity contribution in [1.82, 2.24) is 0 Å². The number of hydrogen-bond acceptors (Lipinski definition) is 3. The fourth-order valence-corrected chi connectivity index (χ4v) is 2.55. The fraction of sp³-hybridized carbons (Fsp3) is 0.263. The molecule has 132 valence electrons. The van der Waals surface area contributed by atoms with Gasteiger partial charge in [0.15, 0.2) is 0 Å². The summed E-state index contributed by atoms with van der Waals surface area (Å²) in [5.74, 6) is -0.527. The third-order valence-corrected chi connectivity index (χ3v) is 4.25. The maximum absolute atomic E-state index is 12.2. The van der Waals surface area contributed by atoms with E-state index in [4.69, 9.17) is 16.3 Å². The van der Waals surface area contributed by atoms with E-state index in [1.54, 1.807) is 56.3 Å². The van der Waals surface area contributed by atoms with E-state index in [1.165, 1.54) is 7.11 Å². The van der Waals surface area contributed by atoms with Gasteiger partial charge in [0.05, 0.1) is 18.9 Å². The Labute approximate surface area is 151 Å². The Morgan fingerprint density at radius 3 is 2.36 bits per heavy atom. The molecule has 2 rings (SSSR count). The zero-order valence-electron chi connectivity index (χ0n) is 14.3. The molecule has 0 spiro atoms. The minimum atomic E-state index is -0.989. The van der Waals surface area contributed by atoms with Crippen molar-refractivity contribution in [2.24, 2.45) is 0 Å². The normalized spacial score (nSPS) is 11.0. The molecule has 0 saturated heterocycles. The zero-order valence-corrected chi connectivity index (χ0v) is 15.1. The molecule has 0 aromatic heterocycles. The van der Waals surface area contributed by atoms with Crippen LogP contribution in [0.4, 0.5) is 5.69 Å². The first-order chi connectivity index (χ1) is 11.7. The van der Waals surface area contributed by atoms with E-state index in [0.717, 1.165) is 0 Å². The molecule has 0 saturated carbocycles. The van der Waals surface area contributed by atoms with Crippen LogP contribution in [0.3, 0.4) is 0 Å². The highest BCUT2D eigenvalue weighted by molar-refractivity contribution is 6.30. The Morgan fingerprint density at radius 1 is 1.16 bits per heavy atom. The number of hydrogen-bond donors (Lipinski definition) is 2. The number of aliphatic carboxylic acids is 1. The van der Waals surface area contributed by atoms with Crippen molar-refractivity contribution in [1.29, 1.82) is 0 Å². The smallest absolute Gasteiger partial charge is 0.313 e. The number of rotatable bonds is 6. The quantitative estimate of drug-likeness (QED) is 0.818. The van der Waals surface area contributed by atoms with E-state index in [-0.39, 0.29) is 12.3 Å². The monoisotopic (exact) mass is 361 g/mol. The molecule has 0 bridgehead atoms. The fourth-order valence-electron chi connectivity index (χ4n) is 2.36. The van der Waals surface area contributed by atoms with Crippen LogP contribution in [-0.2, 0) is 21.4 Å². The predicted molar refractivity (Wildman–Crippen MR) is 97.4 cm³/mol. The van der Waals surface area contributed by atoms with E-state index in [9.17, 15) is 14.7 Å². The summed E-state index contributed by atoms with van der Waals surface area (Å²) in [6, 6.07) is 11.9. The molecule has 1 amide bonds. The maximum atomic E-state index is 12.2. The molecule has 0 heterocycles. The average Bonchev–Trinajstić information content (AvgIpc) is 2.55. The second kappa shape index (κ2) is 7.57. The first-order valence-corrected chi connectivity index (χ1v) is 8.08. The van der Waals surface area contributed by atoms with Crippen molar-refractivity contribution < 1.29 is 19.4 Å². The number of carbonyl (C=O) groups excluding carboxylic acids is 1. The third-order valence-electron chi connectivity index (χ3n) is 4.02. The molecule has 0 aliphatic rings. The number of halogens is 1. The summed E-state index contributed by atoms with van der Waals surface area (Å²) in [6.07, 6.45) is 0.117. The highest BCUT2D eigenvalue weighted by atomic mass is 35.5. The van der Waals surface area contributed by atoms with Gasteiger partial charge in [-0.05, 0) is 49.7 Å². The van der Waals surface area contributed by atoms with Gasteiger partial charge in [0.2, 0.25) is 5.91 Å². The molecule has 6 heteroatoms. The molecule has 2 aromatic rings. The number of benzene rings is 2. The number of carboxylic acid groups (broad SMARTS) is 1. The van der Waals surface area contributed by atoms with Crippen LogP contribution in [0, 0.1) is 0 Å². The van der Waals surface area contributed by atoms with Crippen molar-refractivity contribution in [3.05, 3.63) is 58.6 Å². The van der Waals surface area contributed by atoms with E-state index < -0.39 is 11.4 Å². The topological polar surface area (TPSA) is 75.6 Å². The Kier molecular flexibility index (Phi) is 5.69. The van der Waals surface area contributed by atoms with Crippen LogP contribution in [-0.4, -0.2) is 24.1 Å². The zero-order chi connectivity index (χ0) is 18.6. The predicted octanol–water partition coefficient (Wildman–Crippen LogP) is 3.89. The van der Waals surface area contributed by atoms with Crippen LogP contribution in [0.1, 0.15) is 25.0 Å². The Balaban J connectivity index is 2.09. The lowest BCUT2D eigenvalue weighted by atomic mass is 9.85. The summed E-state index contributed by atoms with van der Waals surface area (Å²) >= 11 is 5.97. The Hall–Kier alpha value is -2.53. The maximum Gasteiger partial charge on any atom is 0.313 e. The standard InChI is InChI=1S/C19H20ClNO4/c1-19(2,18(23)24)13-4-7-15(8-5-13)21-17(22)11-12-10-14(20)6-9-16(12)25-3/h4-10H,11H2,1-3H3,(H,21,22)(H,23,24). The van der Waals surface area contributed by atoms with E-state index in [0.29, 0.717) is 27.6 Å². The molecule has 0 atom stereocenters. The molecule has 2 aromatic carbocycles. The molecule has 0 aliphatic carbocycles. The van der Waals surface area contributed by atoms with Crippen molar-refractivity contribution in [2.45, 2.75) is 25.7 Å². The van der Waals surface area contributed by atoms with Crippen LogP contribution in [0.25, 0.3) is 0 Å². The van der Waals surface area contributed by atoms with Crippen molar-refractivity contribution in [3.63, 3.8) is 0 Å². The SMILES string of the molecule is COc1ccc(Cl)cc1CC(=O)Nc1ccc(C(C)(C)C(=O)O)cc1. The molecule has 0 unspecified atom stereocenters. The number of anilines is 1. The van der Waals surface area contributed by atoms with Crippen molar-refractivity contribution in [3.8, 4) is 5.75 Å². The number of carboxylic acids is 1. The van der Waals surface area contributed by atoms with Crippen molar-refractivity contribution in [2.75, 3.05) is 12.4 Å². The second-order valence-corrected chi connectivity index (χ2v) is 6.63. The van der Waals surface area contributed by atoms with Crippen molar-refractivity contribution >= 4 is 29.2 Å². The van der Waals surface area contributed by atoms with Gasteiger partial charge in [-0.1, -0.05) is 23.7 Å². The number of nitrogens with one attached hydrogen (secondary N) is 1. The Bertz CT molecular complexity index is 785. The molecular formula is C19H20ClNO4. The number of methoxy groups -OCH3 is 1. The van der Waals surface area contributed by atoms with Crippen LogP contribution in [0.5, 0.6) is 5.75 Å². The lowest BCUT2D eigenvalue weighted by molar-refractivity contribution is -0.142. The summed E-state index contributed by atoms with van der Waals surface area (Å²) in [5.41, 5.74) is 0.957. The van der Waals surface area contributed by atoms with E-state index >= 15 is 0 Å². The summed E-state index contributed by atoms with van der Waals surface area (Å²) in [5, 5.41) is 12.6. The second-order valence-electron chi connectivity index (χ2n) is 6.19. The Morgan fingerprint density at radius 2 is 1.80 bits per heavy atom. The van der Waals surface area contributed by atoms with Crippen LogP contribution in [0.15, 0.2) is 42.5 Å². The van der Waals surface area contributed by atoms with Crippen LogP contribution < -0.4 is 10.1 Å². The molecule has 2 N–H and O–H groups in total. The highest BCUT2D eigenvalue weighted by Gasteiger charge is 2.29.